The Morgan fingerprint density at radius 2 is 2.10 bits per heavy atom. The lowest BCUT2D eigenvalue weighted by Crippen LogP contribution is -1.97. The Bertz CT molecular complexity index is 669. The van der Waals surface area contributed by atoms with Crippen LogP contribution in [0.4, 0.5) is 5.69 Å². The Morgan fingerprint density at radius 3 is 2.75 bits per heavy atom. The highest BCUT2D eigenvalue weighted by Crippen LogP contribution is 2.25. The number of pyridine rings is 1. The number of aliphatic hydroxyl groups is 1. The highest BCUT2D eigenvalue weighted by Gasteiger charge is 2.09. The number of aromatic hydroxyl groups is 1. The summed E-state index contributed by atoms with van der Waals surface area (Å²) in [5.74, 6) is 0.0501. The largest absolute Gasteiger partial charge is 0.505 e. The molecule has 1 aromatic heterocycles. The normalized spacial score (nSPS) is 11.2. The number of aliphatic imine (C=N–C) groups is 1. The number of rotatable bonds is 3. The van der Waals surface area contributed by atoms with Crippen LogP contribution in [0.15, 0.2) is 33.9 Å². The lowest BCUT2D eigenvalue weighted by molar-refractivity contribution is 0.280. The van der Waals surface area contributed by atoms with Crippen LogP contribution in [-0.2, 0) is 6.61 Å². The summed E-state index contributed by atoms with van der Waals surface area (Å²) in [6.45, 7) is 3.50. The van der Waals surface area contributed by atoms with E-state index in [2.05, 4.69) is 25.9 Å². The van der Waals surface area contributed by atoms with E-state index in [9.17, 15) is 10.2 Å². The zero-order valence-corrected chi connectivity index (χ0v) is 12.8. The van der Waals surface area contributed by atoms with Crippen molar-refractivity contribution >= 4 is 27.8 Å². The Morgan fingerprint density at radius 1 is 1.35 bits per heavy atom. The number of aromatic nitrogens is 1. The van der Waals surface area contributed by atoms with Gasteiger partial charge in [-0.2, -0.15) is 0 Å². The molecule has 0 bridgehead atoms. The zero-order chi connectivity index (χ0) is 14.7. The van der Waals surface area contributed by atoms with Crippen LogP contribution in [0.1, 0.15) is 22.4 Å². The van der Waals surface area contributed by atoms with Crippen LogP contribution in [0.2, 0.25) is 0 Å². The summed E-state index contributed by atoms with van der Waals surface area (Å²) in [6, 6.07) is 5.73. The number of aryl methyl sites for hydroxylation is 2. The van der Waals surface area contributed by atoms with Gasteiger partial charge in [-0.15, -0.1) is 0 Å². The van der Waals surface area contributed by atoms with E-state index in [1.165, 1.54) is 0 Å². The second-order valence-corrected chi connectivity index (χ2v) is 5.34. The van der Waals surface area contributed by atoms with Crippen molar-refractivity contribution in [3.63, 3.8) is 0 Å². The van der Waals surface area contributed by atoms with Gasteiger partial charge in [0.25, 0.3) is 0 Å². The first-order valence-corrected chi connectivity index (χ1v) is 6.90. The van der Waals surface area contributed by atoms with Gasteiger partial charge in [-0.3, -0.25) is 9.98 Å². The molecule has 2 rings (SSSR count). The van der Waals surface area contributed by atoms with Gasteiger partial charge in [-0.05, 0) is 37.6 Å². The fourth-order valence-electron chi connectivity index (χ4n) is 1.77. The van der Waals surface area contributed by atoms with Gasteiger partial charge in [-0.1, -0.05) is 15.9 Å². The van der Waals surface area contributed by atoms with Gasteiger partial charge in [0.2, 0.25) is 0 Å². The van der Waals surface area contributed by atoms with E-state index in [0.717, 1.165) is 15.7 Å². The molecule has 4 nitrogen and oxygen atoms in total. The van der Waals surface area contributed by atoms with E-state index in [1.54, 1.807) is 19.3 Å². The molecule has 0 aliphatic rings. The zero-order valence-electron chi connectivity index (χ0n) is 11.3. The predicted molar refractivity (Wildman–Crippen MR) is 82.7 cm³/mol. The molecular weight excluding hydrogens is 320 g/mol. The molecule has 0 radical (unpaired) electrons. The van der Waals surface area contributed by atoms with E-state index >= 15 is 0 Å². The molecule has 0 aliphatic carbocycles. The summed E-state index contributed by atoms with van der Waals surface area (Å²) in [4.78, 5) is 8.36. The van der Waals surface area contributed by atoms with Crippen molar-refractivity contribution in [1.82, 2.24) is 4.98 Å². The topological polar surface area (TPSA) is 65.7 Å². The highest BCUT2D eigenvalue weighted by atomic mass is 79.9. The van der Waals surface area contributed by atoms with Crippen molar-refractivity contribution in [1.29, 1.82) is 0 Å². The molecule has 0 unspecified atom stereocenters. The van der Waals surface area contributed by atoms with E-state index in [-0.39, 0.29) is 12.4 Å². The van der Waals surface area contributed by atoms with Crippen LogP contribution >= 0.6 is 15.9 Å². The first-order chi connectivity index (χ1) is 9.52. The van der Waals surface area contributed by atoms with Crippen molar-refractivity contribution in [2.45, 2.75) is 20.5 Å². The smallest absolute Gasteiger partial charge is 0.145 e. The maximum Gasteiger partial charge on any atom is 0.145 e. The molecule has 0 atom stereocenters. The number of hydrogen-bond donors (Lipinski definition) is 2. The molecule has 104 valence electrons. The Labute approximate surface area is 126 Å². The molecule has 1 aromatic carbocycles. The van der Waals surface area contributed by atoms with Crippen LogP contribution < -0.4 is 0 Å². The molecule has 2 aromatic rings. The van der Waals surface area contributed by atoms with Gasteiger partial charge in [0, 0.05) is 28.0 Å². The number of benzene rings is 1. The summed E-state index contributed by atoms with van der Waals surface area (Å²) in [6.07, 6.45) is 3.10. The Kier molecular flexibility index (Phi) is 4.52. The number of hydrogen-bond acceptors (Lipinski definition) is 4. The van der Waals surface area contributed by atoms with Gasteiger partial charge in [0.05, 0.1) is 18.0 Å². The molecule has 0 amide bonds. The predicted octanol–water partition coefficient (Wildman–Crippen LogP) is 3.41. The first kappa shape index (κ1) is 14.7. The molecule has 0 spiro atoms. The number of nitrogens with zero attached hydrogens (tertiary/aromatic N) is 2. The average Bonchev–Trinajstić information content (AvgIpc) is 2.44. The van der Waals surface area contributed by atoms with Gasteiger partial charge in [-0.25, -0.2) is 0 Å². The number of aliphatic hydroxyl groups excluding tert-OH is 1. The van der Waals surface area contributed by atoms with Crippen molar-refractivity contribution in [3.05, 3.63) is 51.3 Å². The number of halogens is 1. The molecule has 20 heavy (non-hydrogen) atoms. The third kappa shape index (κ3) is 3.05. The molecule has 5 heteroatoms. The van der Waals surface area contributed by atoms with E-state index in [4.69, 9.17) is 0 Å². The molecular formula is C15H15BrN2O2. The van der Waals surface area contributed by atoms with Gasteiger partial charge < -0.3 is 10.2 Å². The second kappa shape index (κ2) is 6.15. The highest BCUT2D eigenvalue weighted by molar-refractivity contribution is 9.10. The van der Waals surface area contributed by atoms with Crippen LogP contribution in [0, 0.1) is 13.8 Å². The monoisotopic (exact) mass is 334 g/mol. The van der Waals surface area contributed by atoms with Crippen molar-refractivity contribution in [3.8, 4) is 5.75 Å². The summed E-state index contributed by atoms with van der Waals surface area (Å²) >= 11 is 3.44. The quantitative estimate of drug-likeness (QED) is 0.845. The Balaban J connectivity index is 2.40. The van der Waals surface area contributed by atoms with Crippen LogP contribution in [0.25, 0.3) is 0 Å². The third-order valence-corrected chi connectivity index (χ3v) is 3.90. The molecule has 0 aliphatic heterocycles. The summed E-state index contributed by atoms with van der Waals surface area (Å²) in [5, 5.41) is 19.3. The van der Waals surface area contributed by atoms with Crippen LogP contribution in [0.5, 0.6) is 5.75 Å². The SMILES string of the molecule is Cc1cc(N=Cc2c(CO)cnc(C)c2O)ccc1Br. The van der Waals surface area contributed by atoms with E-state index in [0.29, 0.717) is 16.8 Å². The molecule has 1 heterocycles. The minimum Gasteiger partial charge on any atom is -0.505 e. The van der Waals surface area contributed by atoms with Crippen molar-refractivity contribution in [2.24, 2.45) is 4.99 Å². The fourth-order valence-corrected chi connectivity index (χ4v) is 2.02. The van der Waals surface area contributed by atoms with Crippen LogP contribution in [-0.4, -0.2) is 21.4 Å². The fraction of sp³-hybridized carbons (Fsp3) is 0.200. The van der Waals surface area contributed by atoms with Crippen molar-refractivity contribution < 1.29 is 10.2 Å². The van der Waals surface area contributed by atoms with E-state index < -0.39 is 0 Å². The Hall–Kier alpha value is -1.72. The summed E-state index contributed by atoms with van der Waals surface area (Å²) in [5.41, 5.74) is 3.42. The standard InChI is InChI=1S/C15H15BrN2O2/c1-9-5-12(3-4-14(9)16)18-7-13-11(8-19)6-17-10(2)15(13)20/h3-7,19-20H,8H2,1-2H3. The maximum atomic E-state index is 10.0. The van der Waals surface area contributed by atoms with Crippen LogP contribution in [0.3, 0.4) is 0 Å². The summed E-state index contributed by atoms with van der Waals surface area (Å²) in [7, 11) is 0. The third-order valence-electron chi connectivity index (χ3n) is 3.01. The maximum absolute atomic E-state index is 10.0. The molecule has 0 saturated carbocycles. The molecule has 0 fully saturated rings. The van der Waals surface area contributed by atoms with Gasteiger partial charge in [0.1, 0.15) is 5.75 Å². The lowest BCUT2D eigenvalue weighted by atomic mass is 10.1. The van der Waals surface area contributed by atoms with Gasteiger partial charge >= 0.3 is 0 Å². The average molecular weight is 335 g/mol. The van der Waals surface area contributed by atoms with Gasteiger partial charge in [0.15, 0.2) is 0 Å². The molecule has 2 N–H and O–H groups in total. The van der Waals surface area contributed by atoms with Crippen molar-refractivity contribution in [2.75, 3.05) is 0 Å². The minimum atomic E-state index is -0.193. The first-order valence-electron chi connectivity index (χ1n) is 6.11. The summed E-state index contributed by atoms with van der Waals surface area (Å²) < 4.78 is 1.02. The second-order valence-electron chi connectivity index (χ2n) is 4.48. The molecule has 0 saturated heterocycles. The van der Waals surface area contributed by atoms with E-state index in [1.807, 2.05) is 25.1 Å². The lowest BCUT2D eigenvalue weighted by Gasteiger charge is -2.07. The minimum absolute atomic E-state index is 0.0501.